The molecule has 146 valence electrons. The average molecular weight is 383 g/mol. The van der Waals surface area contributed by atoms with Gasteiger partial charge in [-0.1, -0.05) is 35.9 Å². The molecule has 2 aromatic heterocycles. The lowest BCUT2D eigenvalue weighted by Gasteiger charge is -2.30. The summed E-state index contributed by atoms with van der Waals surface area (Å²) in [4.78, 5) is 11.6. The molecule has 1 aliphatic rings. The number of nitrogens with zero attached hydrogens (tertiary/aromatic N) is 4. The Kier molecular flexibility index (Phi) is 4.64. The molecule has 4 aromatic rings. The van der Waals surface area contributed by atoms with Gasteiger partial charge in [-0.15, -0.1) is 0 Å². The number of imidazole rings is 1. The molecule has 29 heavy (non-hydrogen) atoms. The van der Waals surface area contributed by atoms with Crippen molar-refractivity contribution in [2.75, 3.05) is 20.1 Å². The number of aryl methyl sites for hydroxylation is 1. The number of likely N-dealkylation sites (tertiary alicyclic amines) is 1. The topological polar surface area (TPSA) is 34.0 Å². The number of hydrogen-bond acceptors (Lipinski definition) is 3. The summed E-state index contributed by atoms with van der Waals surface area (Å²) in [6.45, 7) is 4.40. The van der Waals surface area contributed by atoms with E-state index in [0.29, 0.717) is 6.04 Å². The van der Waals surface area contributed by atoms with Crippen molar-refractivity contribution in [3.63, 3.8) is 0 Å². The van der Waals surface area contributed by atoms with Gasteiger partial charge in [0, 0.05) is 24.0 Å². The molecule has 0 atom stereocenters. The van der Waals surface area contributed by atoms with Crippen molar-refractivity contribution in [1.29, 1.82) is 0 Å². The van der Waals surface area contributed by atoms with Crippen LogP contribution in [-0.4, -0.2) is 39.6 Å². The zero-order valence-corrected chi connectivity index (χ0v) is 17.0. The molecule has 0 saturated carbocycles. The molecule has 4 nitrogen and oxygen atoms in total. The van der Waals surface area contributed by atoms with Crippen LogP contribution < -0.4 is 0 Å². The van der Waals surface area contributed by atoms with Crippen LogP contribution in [0.4, 0.5) is 0 Å². The lowest BCUT2D eigenvalue weighted by atomic mass is 9.94. The minimum absolute atomic E-state index is 0.517. The maximum absolute atomic E-state index is 4.79. The highest BCUT2D eigenvalue weighted by atomic mass is 15.1. The summed E-state index contributed by atoms with van der Waals surface area (Å²) in [6, 6.07) is 18.0. The molecule has 1 fully saturated rings. The summed E-state index contributed by atoms with van der Waals surface area (Å²) >= 11 is 0. The van der Waals surface area contributed by atoms with E-state index in [1.807, 2.05) is 24.8 Å². The Labute approximate surface area is 171 Å². The van der Waals surface area contributed by atoms with Crippen molar-refractivity contribution < 1.29 is 0 Å². The van der Waals surface area contributed by atoms with Crippen LogP contribution in [0.1, 0.15) is 24.4 Å². The first-order valence-electron chi connectivity index (χ1n) is 10.4. The number of hydrogen-bond donors (Lipinski definition) is 0. The van der Waals surface area contributed by atoms with Gasteiger partial charge in [0.2, 0.25) is 0 Å². The molecular weight excluding hydrogens is 356 g/mol. The molecule has 0 N–H and O–H groups in total. The molecule has 1 aliphatic heterocycles. The van der Waals surface area contributed by atoms with Crippen LogP contribution in [0.5, 0.6) is 0 Å². The van der Waals surface area contributed by atoms with Gasteiger partial charge in [-0.2, -0.15) is 0 Å². The van der Waals surface area contributed by atoms with E-state index in [2.05, 4.69) is 70.9 Å². The lowest BCUT2D eigenvalue weighted by molar-refractivity contribution is 0.223. The van der Waals surface area contributed by atoms with Crippen molar-refractivity contribution >= 4 is 11.0 Å². The first kappa shape index (κ1) is 18.1. The monoisotopic (exact) mass is 382 g/mol. The molecule has 0 bridgehead atoms. The molecule has 2 aromatic carbocycles. The molecule has 0 aliphatic carbocycles. The van der Waals surface area contributed by atoms with Crippen LogP contribution in [-0.2, 0) is 0 Å². The third-order valence-corrected chi connectivity index (χ3v) is 6.13. The van der Waals surface area contributed by atoms with Gasteiger partial charge in [0.25, 0.3) is 0 Å². The number of rotatable bonds is 3. The van der Waals surface area contributed by atoms with Crippen molar-refractivity contribution in [2.24, 2.45) is 0 Å². The quantitative estimate of drug-likeness (QED) is 0.480. The Morgan fingerprint density at radius 1 is 0.931 bits per heavy atom. The zero-order valence-electron chi connectivity index (χ0n) is 17.0. The van der Waals surface area contributed by atoms with Crippen molar-refractivity contribution in [3.8, 4) is 22.3 Å². The largest absolute Gasteiger partial charge is 0.327 e. The average Bonchev–Trinajstić information content (AvgIpc) is 3.17. The second-order valence-corrected chi connectivity index (χ2v) is 8.18. The minimum atomic E-state index is 0.517. The van der Waals surface area contributed by atoms with E-state index in [-0.39, 0.29) is 0 Å². The summed E-state index contributed by atoms with van der Waals surface area (Å²) in [5.74, 6) is 0. The molecule has 4 heteroatoms. The third kappa shape index (κ3) is 3.45. The number of benzene rings is 2. The highest BCUT2D eigenvalue weighted by Gasteiger charge is 2.21. The summed E-state index contributed by atoms with van der Waals surface area (Å²) in [7, 11) is 2.20. The van der Waals surface area contributed by atoms with Crippen molar-refractivity contribution in [3.05, 3.63) is 72.8 Å². The van der Waals surface area contributed by atoms with Crippen LogP contribution in [0.25, 0.3) is 33.3 Å². The smallest absolute Gasteiger partial charge is 0.0960 e. The van der Waals surface area contributed by atoms with Gasteiger partial charge in [0.1, 0.15) is 0 Å². The van der Waals surface area contributed by atoms with E-state index in [1.54, 1.807) is 0 Å². The van der Waals surface area contributed by atoms with Gasteiger partial charge in [0.15, 0.2) is 0 Å². The van der Waals surface area contributed by atoms with E-state index >= 15 is 0 Å². The summed E-state index contributed by atoms with van der Waals surface area (Å²) in [5.41, 5.74) is 8.32. The summed E-state index contributed by atoms with van der Waals surface area (Å²) < 4.78 is 2.39. The number of pyridine rings is 1. The highest BCUT2D eigenvalue weighted by molar-refractivity contribution is 5.93. The van der Waals surface area contributed by atoms with Gasteiger partial charge in [-0.3, -0.25) is 4.98 Å². The molecule has 0 radical (unpaired) electrons. The molecule has 0 unspecified atom stereocenters. The summed E-state index contributed by atoms with van der Waals surface area (Å²) in [5, 5.41) is 0. The second-order valence-electron chi connectivity index (χ2n) is 8.18. The summed E-state index contributed by atoms with van der Waals surface area (Å²) in [6.07, 6.45) is 8.16. The first-order chi connectivity index (χ1) is 14.2. The van der Waals surface area contributed by atoms with E-state index in [1.165, 1.54) is 40.6 Å². The Bertz CT molecular complexity index is 1120. The lowest BCUT2D eigenvalue weighted by Crippen LogP contribution is -2.31. The van der Waals surface area contributed by atoms with E-state index < -0.39 is 0 Å². The van der Waals surface area contributed by atoms with Crippen LogP contribution in [0.2, 0.25) is 0 Å². The van der Waals surface area contributed by atoms with E-state index in [9.17, 15) is 0 Å². The van der Waals surface area contributed by atoms with Gasteiger partial charge in [0.05, 0.1) is 17.4 Å². The van der Waals surface area contributed by atoms with Crippen molar-refractivity contribution in [1.82, 2.24) is 19.4 Å². The van der Waals surface area contributed by atoms with Crippen LogP contribution in [0.3, 0.4) is 0 Å². The van der Waals surface area contributed by atoms with Crippen LogP contribution in [0.15, 0.2) is 67.3 Å². The predicted molar refractivity (Wildman–Crippen MR) is 119 cm³/mol. The minimum Gasteiger partial charge on any atom is -0.327 e. The maximum Gasteiger partial charge on any atom is 0.0960 e. The molecule has 5 rings (SSSR count). The fourth-order valence-electron chi connectivity index (χ4n) is 4.37. The Morgan fingerprint density at radius 2 is 1.69 bits per heavy atom. The Hall–Kier alpha value is -2.98. The van der Waals surface area contributed by atoms with Crippen LogP contribution >= 0.6 is 0 Å². The zero-order chi connectivity index (χ0) is 19.8. The number of piperidine rings is 1. The number of fused-ring (bicyclic) bond motifs is 1. The van der Waals surface area contributed by atoms with E-state index in [4.69, 9.17) is 4.98 Å². The molecular formula is C25H26N4. The van der Waals surface area contributed by atoms with Crippen LogP contribution in [0, 0.1) is 6.92 Å². The van der Waals surface area contributed by atoms with E-state index in [0.717, 1.165) is 24.2 Å². The molecule has 0 spiro atoms. The van der Waals surface area contributed by atoms with Crippen molar-refractivity contribution in [2.45, 2.75) is 25.8 Å². The predicted octanol–water partition coefficient (Wildman–Crippen LogP) is 5.34. The fraction of sp³-hybridized carbons (Fsp3) is 0.280. The second kappa shape index (κ2) is 7.45. The van der Waals surface area contributed by atoms with Gasteiger partial charge < -0.3 is 9.47 Å². The first-order valence-corrected chi connectivity index (χ1v) is 10.4. The number of aromatic nitrogens is 3. The molecule has 3 heterocycles. The normalized spacial score (nSPS) is 15.8. The van der Waals surface area contributed by atoms with Gasteiger partial charge in [-0.05, 0) is 74.8 Å². The fourth-order valence-corrected chi connectivity index (χ4v) is 4.37. The highest BCUT2D eigenvalue weighted by Crippen LogP contribution is 2.37. The maximum atomic E-state index is 4.79. The SMILES string of the molecule is Cc1ccc(-c2cc3ncn(C4CCN(C)CC4)c3cc2-c2cccnc2)cc1. The Morgan fingerprint density at radius 3 is 2.41 bits per heavy atom. The Balaban J connectivity index is 1.67. The standard InChI is InChI=1S/C25H26N4/c1-18-5-7-19(8-6-18)22-14-24-25(15-23(22)20-4-3-11-26-16-20)29(17-27-24)21-9-12-28(2)13-10-21/h3-8,11,14-17,21H,9-10,12-13H2,1-2H3. The molecule has 0 amide bonds. The van der Waals surface area contributed by atoms with Gasteiger partial charge >= 0.3 is 0 Å². The van der Waals surface area contributed by atoms with Gasteiger partial charge in [-0.25, -0.2) is 4.98 Å². The molecule has 1 saturated heterocycles. The third-order valence-electron chi connectivity index (χ3n) is 6.13.